The number of fused-ring (bicyclic) bond motifs is 1. The molecule has 0 bridgehead atoms. The van der Waals surface area contributed by atoms with E-state index in [1.807, 2.05) is 0 Å². The second-order valence-corrected chi connectivity index (χ2v) is 4.32. The van der Waals surface area contributed by atoms with Gasteiger partial charge in [-0.3, -0.25) is 0 Å². The summed E-state index contributed by atoms with van der Waals surface area (Å²) in [5.41, 5.74) is 5.49. The lowest BCUT2D eigenvalue weighted by Crippen LogP contribution is -1.89. The molecule has 16 heavy (non-hydrogen) atoms. The Kier molecular flexibility index (Phi) is 2.14. The fraction of sp³-hybridized carbons (Fsp3) is 0.125. The van der Waals surface area contributed by atoms with E-state index in [2.05, 4.69) is 67.6 Å². The Morgan fingerprint density at radius 1 is 0.875 bits per heavy atom. The van der Waals surface area contributed by atoms with Gasteiger partial charge in [-0.15, -0.1) is 0 Å². The first-order chi connectivity index (χ1) is 7.86. The van der Waals surface area contributed by atoms with Crippen molar-refractivity contribution in [2.24, 2.45) is 0 Å². The van der Waals surface area contributed by atoms with Gasteiger partial charge in [0.15, 0.2) is 0 Å². The van der Waals surface area contributed by atoms with Gasteiger partial charge in [-0.2, -0.15) is 0 Å². The predicted molar refractivity (Wildman–Crippen MR) is 69.3 cm³/mol. The lowest BCUT2D eigenvalue weighted by Gasteiger charge is -2.09. The van der Waals surface area contributed by atoms with Crippen molar-refractivity contribution in [1.82, 2.24) is 0 Å². The first kappa shape index (κ1) is 9.41. The van der Waals surface area contributed by atoms with E-state index >= 15 is 0 Å². The molecule has 78 valence electrons. The molecule has 0 heterocycles. The maximum absolute atomic E-state index is 2.27. The molecular formula is C16H14. The van der Waals surface area contributed by atoms with Crippen LogP contribution in [0, 0.1) is 0 Å². The van der Waals surface area contributed by atoms with Crippen molar-refractivity contribution in [2.75, 3.05) is 0 Å². The number of hydrogen-bond acceptors (Lipinski definition) is 0. The van der Waals surface area contributed by atoms with E-state index in [1.165, 1.54) is 22.3 Å². The zero-order valence-corrected chi connectivity index (χ0v) is 9.35. The van der Waals surface area contributed by atoms with Crippen LogP contribution >= 0.6 is 0 Å². The molecule has 1 atom stereocenters. The summed E-state index contributed by atoms with van der Waals surface area (Å²) < 4.78 is 0. The van der Waals surface area contributed by atoms with Crippen LogP contribution in [0.2, 0.25) is 0 Å². The Bertz CT molecular complexity index is 535. The molecule has 0 saturated heterocycles. The van der Waals surface area contributed by atoms with Crippen LogP contribution in [0.1, 0.15) is 24.0 Å². The summed E-state index contributed by atoms with van der Waals surface area (Å²) in [5, 5.41) is 0. The molecular weight excluding hydrogens is 192 g/mol. The summed E-state index contributed by atoms with van der Waals surface area (Å²) in [6.07, 6.45) is 4.53. The minimum Gasteiger partial charge on any atom is -0.0766 e. The molecule has 2 aromatic carbocycles. The van der Waals surface area contributed by atoms with Crippen LogP contribution in [0.5, 0.6) is 0 Å². The van der Waals surface area contributed by atoms with Crippen LogP contribution < -0.4 is 0 Å². The number of hydrogen-bond donors (Lipinski definition) is 0. The first-order valence-corrected chi connectivity index (χ1v) is 5.73. The SMILES string of the molecule is CC1C=Cc2c(-c3ccccc3)cccc21. The van der Waals surface area contributed by atoms with E-state index in [-0.39, 0.29) is 0 Å². The minimum atomic E-state index is 0.554. The van der Waals surface area contributed by atoms with E-state index in [4.69, 9.17) is 0 Å². The van der Waals surface area contributed by atoms with Crippen molar-refractivity contribution < 1.29 is 0 Å². The fourth-order valence-corrected chi connectivity index (χ4v) is 2.38. The van der Waals surface area contributed by atoms with Gasteiger partial charge in [0.05, 0.1) is 0 Å². The molecule has 0 radical (unpaired) electrons. The summed E-state index contributed by atoms with van der Waals surface area (Å²) in [4.78, 5) is 0. The lowest BCUT2D eigenvalue weighted by atomic mass is 9.95. The fourth-order valence-electron chi connectivity index (χ4n) is 2.38. The molecule has 0 fully saturated rings. The molecule has 0 N–H and O–H groups in total. The number of allylic oxidation sites excluding steroid dienone is 1. The summed E-state index contributed by atoms with van der Waals surface area (Å²) in [7, 11) is 0. The van der Waals surface area contributed by atoms with Crippen LogP contribution in [-0.2, 0) is 0 Å². The Hall–Kier alpha value is -1.82. The highest BCUT2D eigenvalue weighted by Crippen LogP contribution is 2.36. The monoisotopic (exact) mass is 206 g/mol. The lowest BCUT2D eigenvalue weighted by molar-refractivity contribution is 0.991. The zero-order valence-electron chi connectivity index (χ0n) is 9.35. The maximum Gasteiger partial charge on any atom is -0.0000949 e. The number of benzene rings is 2. The van der Waals surface area contributed by atoms with Crippen LogP contribution in [0.4, 0.5) is 0 Å². The van der Waals surface area contributed by atoms with Gasteiger partial charge in [-0.05, 0) is 28.2 Å². The normalized spacial score (nSPS) is 17.4. The Morgan fingerprint density at radius 2 is 1.69 bits per heavy atom. The molecule has 2 aromatic rings. The third-order valence-electron chi connectivity index (χ3n) is 3.27. The van der Waals surface area contributed by atoms with E-state index in [0.717, 1.165) is 0 Å². The van der Waals surface area contributed by atoms with Crippen molar-refractivity contribution in [1.29, 1.82) is 0 Å². The molecule has 0 aromatic heterocycles. The first-order valence-electron chi connectivity index (χ1n) is 5.73. The number of rotatable bonds is 1. The van der Waals surface area contributed by atoms with Gasteiger partial charge in [-0.1, -0.05) is 67.6 Å². The summed E-state index contributed by atoms with van der Waals surface area (Å²) >= 11 is 0. The zero-order chi connectivity index (χ0) is 11.0. The van der Waals surface area contributed by atoms with Gasteiger partial charge in [0, 0.05) is 0 Å². The van der Waals surface area contributed by atoms with Crippen LogP contribution in [-0.4, -0.2) is 0 Å². The largest absolute Gasteiger partial charge is 0.0766 e. The molecule has 0 spiro atoms. The van der Waals surface area contributed by atoms with Crippen LogP contribution in [0.25, 0.3) is 17.2 Å². The molecule has 0 aliphatic heterocycles. The Labute approximate surface area is 96.3 Å². The third kappa shape index (κ3) is 1.38. The second kappa shape index (κ2) is 3.64. The maximum atomic E-state index is 2.27. The third-order valence-corrected chi connectivity index (χ3v) is 3.27. The van der Waals surface area contributed by atoms with E-state index < -0.39 is 0 Å². The second-order valence-electron chi connectivity index (χ2n) is 4.32. The standard InChI is InChI=1S/C16H14/c1-12-10-11-16-14(12)8-5-9-15(16)13-6-3-2-4-7-13/h2-12H,1H3. The van der Waals surface area contributed by atoms with Gasteiger partial charge < -0.3 is 0 Å². The van der Waals surface area contributed by atoms with Gasteiger partial charge in [0.1, 0.15) is 0 Å². The van der Waals surface area contributed by atoms with Crippen molar-refractivity contribution >= 4 is 6.08 Å². The van der Waals surface area contributed by atoms with E-state index in [9.17, 15) is 0 Å². The van der Waals surface area contributed by atoms with Crippen molar-refractivity contribution in [2.45, 2.75) is 12.8 Å². The molecule has 1 aliphatic carbocycles. The van der Waals surface area contributed by atoms with Gasteiger partial charge >= 0.3 is 0 Å². The quantitative estimate of drug-likeness (QED) is 0.645. The minimum absolute atomic E-state index is 0.554. The van der Waals surface area contributed by atoms with Gasteiger partial charge in [0.25, 0.3) is 0 Å². The smallest absolute Gasteiger partial charge is 0.0000949 e. The van der Waals surface area contributed by atoms with E-state index in [0.29, 0.717) is 5.92 Å². The van der Waals surface area contributed by atoms with Gasteiger partial charge in [-0.25, -0.2) is 0 Å². The molecule has 1 unspecified atom stereocenters. The van der Waals surface area contributed by atoms with Gasteiger partial charge in [0.2, 0.25) is 0 Å². The highest BCUT2D eigenvalue weighted by molar-refractivity contribution is 5.80. The molecule has 0 heteroatoms. The van der Waals surface area contributed by atoms with Crippen LogP contribution in [0.3, 0.4) is 0 Å². The van der Waals surface area contributed by atoms with Crippen molar-refractivity contribution in [3.63, 3.8) is 0 Å². The predicted octanol–water partition coefficient (Wildman–Crippen LogP) is 4.48. The Morgan fingerprint density at radius 3 is 2.50 bits per heavy atom. The summed E-state index contributed by atoms with van der Waals surface area (Å²) in [6, 6.07) is 17.2. The van der Waals surface area contributed by atoms with Crippen molar-refractivity contribution in [3.05, 3.63) is 65.7 Å². The molecule has 0 saturated carbocycles. The molecule has 0 amide bonds. The van der Waals surface area contributed by atoms with Crippen molar-refractivity contribution in [3.8, 4) is 11.1 Å². The highest BCUT2D eigenvalue weighted by atomic mass is 14.2. The summed E-state index contributed by atoms with van der Waals surface area (Å²) in [5.74, 6) is 0.554. The average Bonchev–Trinajstić information content (AvgIpc) is 2.73. The average molecular weight is 206 g/mol. The summed E-state index contributed by atoms with van der Waals surface area (Å²) in [6.45, 7) is 2.25. The molecule has 0 nitrogen and oxygen atoms in total. The van der Waals surface area contributed by atoms with Crippen LogP contribution in [0.15, 0.2) is 54.6 Å². The molecule has 3 rings (SSSR count). The highest BCUT2D eigenvalue weighted by Gasteiger charge is 2.15. The van der Waals surface area contributed by atoms with E-state index in [1.54, 1.807) is 0 Å². The Balaban J connectivity index is 2.21. The molecule has 1 aliphatic rings. The topological polar surface area (TPSA) is 0 Å².